The lowest BCUT2D eigenvalue weighted by Gasteiger charge is -2.22. The van der Waals surface area contributed by atoms with Crippen LogP contribution in [0.25, 0.3) is 16.9 Å². The van der Waals surface area contributed by atoms with Crippen molar-refractivity contribution in [2.75, 3.05) is 18.9 Å². The Labute approximate surface area is 272 Å². The third-order valence-corrected chi connectivity index (χ3v) is 9.29. The molecule has 0 saturated heterocycles. The SMILES string of the molecule is CC(C)(CO)NS(=O)(=O)c1cc(N)c(Cl)s1.O=C(O)c1cnn2c(C(F)(F)F)cc(-c3ccc(C(F)(F)F)c(OCC(F)(F)F)c3)nc12. The number of carbonyl (C=O) groups is 1. The second-order valence-corrected chi connectivity index (χ2v) is 13.7. The molecule has 48 heavy (non-hydrogen) atoms. The first-order valence-corrected chi connectivity index (χ1v) is 15.2. The summed E-state index contributed by atoms with van der Waals surface area (Å²) in [6, 6.07) is 3.07. The Morgan fingerprint density at radius 2 is 1.69 bits per heavy atom. The fraction of sp³-hybridized carbons (Fsp3) is 0.320. The summed E-state index contributed by atoms with van der Waals surface area (Å²) in [5.74, 6) is -2.98. The Hall–Kier alpha value is -3.86. The lowest BCUT2D eigenvalue weighted by Crippen LogP contribution is -2.45. The van der Waals surface area contributed by atoms with E-state index in [9.17, 15) is 52.7 Å². The van der Waals surface area contributed by atoms with Crippen LogP contribution in [0.3, 0.4) is 0 Å². The maximum Gasteiger partial charge on any atom is 0.433 e. The number of hydrogen-bond acceptors (Lipinski definition) is 9. The van der Waals surface area contributed by atoms with E-state index in [-0.39, 0.29) is 25.4 Å². The predicted octanol–water partition coefficient (Wildman–Crippen LogP) is 6.11. The number of aromatic nitrogens is 3. The molecular weight excluding hydrogens is 737 g/mol. The topological polar surface area (TPSA) is 169 Å². The van der Waals surface area contributed by atoms with Crippen molar-refractivity contribution in [3.63, 3.8) is 0 Å². The predicted molar refractivity (Wildman–Crippen MR) is 152 cm³/mol. The standard InChI is InChI=1S/C17H8F9N3O3.C8H13ClN2O3S2/c18-15(19,20)6-32-11-3-7(1-2-9(11)16(21,22)23)10-4-12(17(24,25)26)29-13(28-10)8(5-27-29)14(30)31;1-8(2,4-12)11-16(13,14)6-3-5(10)7(9)15-6/h1-5H,6H2,(H,30,31);3,11-12H,4,10H2,1-2H3. The van der Waals surface area contributed by atoms with E-state index >= 15 is 0 Å². The molecule has 0 aliphatic carbocycles. The van der Waals surface area contributed by atoms with Gasteiger partial charge in [-0.25, -0.2) is 27.4 Å². The summed E-state index contributed by atoms with van der Waals surface area (Å²) in [6.45, 7) is 0.749. The number of carboxylic acid groups (broad SMARTS) is 1. The van der Waals surface area contributed by atoms with Gasteiger partial charge in [0.2, 0.25) is 0 Å². The van der Waals surface area contributed by atoms with E-state index in [4.69, 9.17) is 27.5 Å². The van der Waals surface area contributed by atoms with E-state index in [2.05, 4.69) is 19.5 Å². The number of rotatable bonds is 8. The molecule has 0 saturated carbocycles. The number of benzene rings is 1. The number of aliphatic hydroxyl groups excluding tert-OH is 1. The van der Waals surface area contributed by atoms with E-state index in [1.54, 1.807) is 13.8 Å². The molecule has 0 atom stereocenters. The molecule has 264 valence electrons. The first kappa shape index (κ1) is 38.6. The molecule has 3 aromatic heterocycles. The van der Waals surface area contributed by atoms with Crippen molar-refractivity contribution < 1.29 is 67.7 Å². The van der Waals surface area contributed by atoms with Crippen LogP contribution in [-0.4, -0.2) is 64.1 Å². The van der Waals surface area contributed by atoms with E-state index in [1.165, 1.54) is 6.07 Å². The van der Waals surface area contributed by atoms with Crippen LogP contribution < -0.4 is 15.2 Å². The molecule has 0 radical (unpaired) electrons. The van der Waals surface area contributed by atoms with Gasteiger partial charge in [-0.3, -0.25) is 0 Å². The van der Waals surface area contributed by atoms with Crippen molar-refractivity contribution >= 4 is 50.3 Å². The first-order valence-electron chi connectivity index (χ1n) is 12.6. The average Bonchev–Trinajstić information content (AvgIpc) is 3.53. The van der Waals surface area contributed by atoms with Crippen LogP contribution in [0.15, 0.2) is 40.7 Å². The van der Waals surface area contributed by atoms with E-state index < -0.39 is 86.1 Å². The van der Waals surface area contributed by atoms with Crippen molar-refractivity contribution in [2.45, 2.75) is 42.1 Å². The lowest BCUT2D eigenvalue weighted by molar-refractivity contribution is -0.158. The summed E-state index contributed by atoms with van der Waals surface area (Å²) in [5.41, 5.74) is -1.01. The minimum Gasteiger partial charge on any atom is -0.483 e. The molecule has 4 rings (SSSR count). The number of anilines is 1. The molecule has 0 amide bonds. The monoisotopic (exact) mass is 757 g/mol. The highest BCUT2D eigenvalue weighted by Crippen LogP contribution is 2.40. The Morgan fingerprint density at radius 1 is 1.06 bits per heavy atom. The normalized spacial score (nSPS) is 12.9. The van der Waals surface area contributed by atoms with Crippen LogP contribution >= 0.6 is 22.9 Å². The Kier molecular flexibility index (Phi) is 10.9. The van der Waals surface area contributed by atoms with Gasteiger partial charge in [0.25, 0.3) is 10.0 Å². The quantitative estimate of drug-likeness (QED) is 0.155. The number of fused-ring (bicyclic) bond motifs is 1. The number of sulfonamides is 1. The zero-order valence-electron chi connectivity index (χ0n) is 23.9. The molecule has 0 aliphatic rings. The van der Waals surface area contributed by atoms with Crippen LogP contribution in [0.5, 0.6) is 5.75 Å². The summed E-state index contributed by atoms with van der Waals surface area (Å²) in [6.07, 6.45) is -14.6. The van der Waals surface area contributed by atoms with Crippen LogP contribution in [-0.2, 0) is 22.4 Å². The smallest absolute Gasteiger partial charge is 0.433 e. The highest BCUT2D eigenvalue weighted by atomic mass is 35.5. The number of nitrogen functional groups attached to an aromatic ring is 1. The molecule has 0 unspecified atom stereocenters. The minimum absolute atomic E-state index is 0.0384. The maximum atomic E-state index is 13.4. The number of alkyl halides is 9. The van der Waals surface area contributed by atoms with E-state index in [0.29, 0.717) is 30.5 Å². The first-order chi connectivity index (χ1) is 21.8. The molecule has 23 heteroatoms. The van der Waals surface area contributed by atoms with Gasteiger partial charge in [-0.05, 0) is 38.1 Å². The Balaban J connectivity index is 0.000000328. The number of carboxylic acids is 1. The molecule has 1 aromatic carbocycles. The highest BCUT2D eigenvalue weighted by Gasteiger charge is 2.38. The number of thiophene rings is 1. The number of aliphatic hydroxyl groups is 1. The molecule has 0 spiro atoms. The van der Waals surface area contributed by atoms with Gasteiger partial charge < -0.3 is 20.7 Å². The zero-order chi connectivity index (χ0) is 36.6. The molecule has 0 bridgehead atoms. The van der Waals surface area contributed by atoms with Gasteiger partial charge in [0, 0.05) is 5.56 Å². The number of halogens is 10. The fourth-order valence-corrected chi connectivity index (χ4v) is 6.57. The third kappa shape index (κ3) is 9.39. The summed E-state index contributed by atoms with van der Waals surface area (Å²) in [7, 11) is -3.69. The maximum absolute atomic E-state index is 13.4. The fourth-order valence-electron chi connectivity index (χ4n) is 3.60. The number of nitrogens with zero attached hydrogens (tertiary/aromatic N) is 3. The number of aromatic carboxylic acids is 1. The molecule has 0 fully saturated rings. The van der Waals surface area contributed by atoms with Crippen molar-refractivity contribution in [2.24, 2.45) is 0 Å². The molecule has 5 N–H and O–H groups in total. The zero-order valence-corrected chi connectivity index (χ0v) is 26.3. The Bertz CT molecular complexity index is 1900. The number of ether oxygens (including phenoxy) is 1. The minimum atomic E-state index is -5.13. The summed E-state index contributed by atoms with van der Waals surface area (Å²) in [4.78, 5) is 15.0. The Morgan fingerprint density at radius 3 is 2.17 bits per heavy atom. The molecule has 4 aromatic rings. The van der Waals surface area contributed by atoms with Gasteiger partial charge in [-0.1, -0.05) is 17.7 Å². The third-order valence-electron chi connectivity index (χ3n) is 5.73. The summed E-state index contributed by atoms with van der Waals surface area (Å²) >= 11 is 6.57. The van der Waals surface area contributed by atoms with Crippen molar-refractivity contribution in [1.29, 1.82) is 0 Å². The molecule has 11 nitrogen and oxygen atoms in total. The van der Waals surface area contributed by atoms with Gasteiger partial charge in [0.1, 0.15) is 19.9 Å². The van der Waals surface area contributed by atoms with Crippen LogP contribution in [0.1, 0.15) is 35.5 Å². The summed E-state index contributed by atoms with van der Waals surface area (Å²) < 4.78 is 148. The molecule has 3 heterocycles. The highest BCUT2D eigenvalue weighted by molar-refractivity contribution is 7.91. The largest absolute Gasteiger partial charge is 0.483 e. The number of nitrogens with two attached hydrogens (primary N) is 1. The van der Waals surface area contributed by atoms with Gasteiger partial charge >= 0.3 is 24.5 Å². The average molecular weight is 758 g/mol. The van der Waals surface area contributed by atoms with Crippen molar-refractivity contribution in [3.8, 4) is 17.0 Å². The lowest BCUT2D eigenvalue weighted by atomic mass is 10.1. The van der Waals surface area contributed by atoms with Crippen LogP contribution in [0.2, 0.25) is 4.34 Å². The second kappa shape index (κ2) is 13.6. The van der Waals surface area contributed by atoms with Gasteiger partial charge in [0.05, 0.1) is 35.3 Å². The second-order valence-electron chi connectivity index (χ2n) is 10.2. The van der Waals surface area contributed by atoms with Crippen LogP contribution in [0, 0.1) is 0 Å². The van der Waals surface area contributed by atoms with E-state index in [1.807, 2.05) is 0 Å². The van der Waals surface area contributed by atoms with E-state index in [0.717, 1.165) is 11.3 Å². The van der Waals surface area contributed by atoms with Gasteiger partial charge in [0.15, 0.2) is 17.9 Å². The van der Waals surface area contributed by atoms with Crippen molar-refractivity contribution in [3.05, 3.63) is 57.7 Å². The van der Waals surface area contributed by atoms with Crippen molar-refractivity contribution in [1.82, 2.24) is 19.3 Å². The van der Waals surface area contributed by atoms with Gasteiger partial charge in [-0.2, -0.15) is 44.6 Å². The number of hydrogen-bond donors (Lipinski definition) is 4. The molecular formula is C25H21ClF9N5O6S2. The summed E-state index contributed by atoms with van der Waals surface area (Å²) in [5, 5.41) is 21.4. The van der Waals surface area contributed by atoms with Crippen LogP contribution in [0.4, 0.5) is 45.2 Å². The van der Waals surface area contributed by atoms with Gasteiger partial charge in [-0.15, -0.1) is 11.3 Å². The number of nitrogens with one attached hydrogen (secondary N) is 1. The molecule has 0 aliphatic heterocycles.